The number of fused-ring (bicyclic) bond motifs is 5. The van der Waals surface area contributed by atoms with Crippen LogP contribution in [-0.2, 0) is 9.53 Å². The van der Waals surface area contributed by atoms with E-state index in [1.807, 2.05) is 0 Å². The fraction of sp³-hybridized carbons (Fsp3) is 0.794. The van der Waals surface area contributed by atoms with Gasteiger partial charge in [-0.15, -0.1) is 0 Å². The van der Waals surface area contributed by atoms with Crippen LogP contribution in [0.15, 0.2) is 12.3 Å². The smallest absolute Gasteiger partial charge is 0.325 e. The number of halogens is 1. The van der Waals surface area contributed by atoms with Crippen molar-refractivity contribution in [3.63, 3.8) is 0 Å². The van der Waals surface area contributed by atoms with Gasteiger partial charge in [-0.1, -0.05) is 45.7 Å². The number of hydrogen-bond acceptors (Lipinski definition) is 7. The molecule has 9 heteroatoms. The monoisotopic (exact) mass is 618 g/mol. The normalized spacial score (nSPS) is 39.2. The van der Waals surface area contributed by atoms with Gasteiger partial charge in [0, 0.05) is 6.20 Å². The Morgan fingerprint density at radius 3 is 2.53 bits per heavy atom. The Hall–Kier alpha value is -1.90. The number of nitrogens with one attached hydrogen (secondary N) is 1. The first-order chi connectivity index (χ1) is 20.4. The third kappa shape index (κ3) is 5.93. The van der Waals surface area contributed by atoms with Crippen molar-refractivity contribution >= 4 is 23.5 Å². The standard InChI is InChI=1S/C34H51ClN2O6/c1-6-22-26-16-21(38)9-12-34(26,4)25-10-13-33(3)23(7-8-24(33)29(25)30(22)40)19(2)11-14-43-32-27(35)15-20(17-37-32)31(41)36-18-28(39)42-5/h15,17,19,21-26,29-30,38,40H,6-14,16,18H2,1-5H3,(H,36,41)/t19-,21-,22-,23-,24+,25+,26+,29+,30-,33-,34-/m1/s1. The van der Waals surface area contributed by atoms with Gasteiger partial charge in [0.25, 0.3) is 5.91 Å². The van der Waals surface area contributed by atoms with E-state index in [9.17, 15) is 19.8 Å². The topological polar surface area (TPSA) is 118 Å². The minimum atomic E-state index is -0.537. The molecule has 11 atom stereocenters. The highest BCUT2D eigenvalue weighted by Gasteiger charge is 2.64. The number of aliphatic hydroxyl groups excluding tert-OH is 2. The first-order valence-corrected chi connectivity index (χ1v) is 16.8. The van der Waals surface area contributed by atoms with Crippen molar-refractivity contribution in [1.29, 1.82) is 0 Å². The number of esters is 1. The van der Waals surface area contributed by atoms with E-state index in [2.05, 4.69) is 42.7 Å². The van der Waals surface area contributed by atoms with Crippen molar-refractivity contribution in [3.8, 4) is 5.88 Å². The Balaban J connectivity index is 1.21. The maximum Gasteiger partial charge on any atom is 0.325 e. The number of nitrogens with zero attached hydrogens (tertiary/aromatic N) is 1. The molecule has 0 spiro atoms. The van der Waals surface area contributed by atoms with E-state index in [4.69, 9.17) is 16.3 Å². The average molecular weight is 619 g/mol. The molecule has 1 heterocycles. The van der Waals surface area contributed by atoms with Gasteiger partial charge in [-0.3, -0.25) is 9.59 Å². The molecule has 0 saturated heterocycles. The second kappa shape index (κ2) is 12.8. The molecule has 1 aromatic rings. The molecule has 0 unspecified atom stereocenters. The number of pyridine rings is 1. The van der Waals surface area contributed by atoms with Gasteiger partial charge in [0.05, 0.1) is 31.5 Å². The zero-order valence-corrected chi connectivity index (χ0v) is 27.2. The summed E-state index contributed by atoms with van der Waals surface area (Å²) in [6.45, 7) is 9.81. The van der Waals surface area contributed by atoms with Crippen LogP contribution in [-0.4, -0.2) is 59.5 Å². The first-order valence-electron chi connectivity index (χ1n) is 16.4. The Morgan fingerprint density at radius 1 is 1.12 bits per heavy atom. The van der Waals surface area contributed by atoms with Crippen LogP contribution in [0, 0.1) is 52.3 Å². The van der Waals surface area contributed by atoms with Crippen LogP contribution < -0.4 is 10.1 Å². The summed E-state index contributed by atoms with van der Waals surface area (Å²) in [4.78, 5) is 27.8. The van der Waals surface area contributed by atoms with Crippen molar-refractivity contribution < 1.29 is 29.3 Å². The molecular formula is C34H51ClN2O6. The number of methoxy groups -OCH3 is 1. The Bertz CT molecular complexity index is 1180. The SMILES string of the molecule is CC[C@H]1[C@@H](O)[C@@H]2[C@H](CC[C@]3(C)[C@@H]([C@H](C)CCOc4ncc(C(=O)NCC(=O)OC)cc4Cl)CC[C@@H]23)[C@@]2(C)CC[C@@H](O)C[C@@H]12. The molecule has 0 aromatic carbocycles. The molecule has 3 N–H and O–H groups in total. The molecule has 4 saturated carbocycles. The number of aromatic nitrogens is 1. The fourth-order valence-electron chi connectivity index (χ4n) is 10.5. The summed E-state index contributed by atoms with van der Waals surface area (Å²) in [6, 6.07) is 1.50. The van der Waals surface area contributed by atoms with Crippen LogP contribution in [0.3, 0.4) is 0 Å². The van der Waals surface area contributed by atoms with E-state index in [0.29, 0.717) is 48.0 Å². The van der Waals surface area contributed by atoms with E-state index in [0.717, 1.165) is 32.1 Å². The van der Waals surface area contributed by atoms with E-state index in [1.54, 1.807) is 0 Å². The predicted octanol–water partition coefficient (Wildman–Crippen LogP) is 5.67. The molecule has 4 fully saturated rings. The van der Waals surface area contributed by atoms with E-state index < -0.39 is 11.9 Å². The number of carbonyl (C=O) groups excluding carboxylic acids is 2. The molecule has 1 amide bonds. The zero-order chi connectivity index (χ0) is 31.1. The van der Waals surface area contributed by atoms with Gasteiger partial charge in [-0.2, -0.15) is 0 Å². The van der Waals surface area contributed by atoms with Crippen LogP contribution in [0.2, 0.25) is 5.02 Å². The molecule has 0 bridgehead atoms. The summed E-state index contributed by atoms with van der Waals surface area (Å²) in [6.07, 6.45) is 10.3. The molecule has 240 valence electrons. The summed E-state index contributed by atoms with van der Waals surface area (Å²) in [7, 11) is 1.26. The minimum Gasteiger partial charge on any atom is -0.477 e. The van der Waals surface area contributed by atoms with Gasteiger partial charge >= 0.3 is 5.97 Å². The van der Waals surface area contributed by atoms with Crippen molar-refractivity contribution in [1.82, 2.24) is 10.3 Å². The van der Waals surface area contributed by atoms with Gasteiger partial charge in [0.1, 0.15) is 11.6 Å². The number of carbonyl (C=O) groups is 2. The summed E-state index contributed by atoms with van der Waals surface area (Å²) in [5.41, 5.74) is 0.661. The van der Waals surface area contributed by atoms with Crippen molar-refractivity contribution in [2.45, 2.75) is 97.7 Å². The maximum absolute atomic E-state index is 12.3. The highest BCUT2D eigenvalue weighted by Crippen LogP contribution is 2.69. The van der Waals surface area contributed by atoms with Gasteiger partial charge < -0.3 is 25.0 Å². The van der Waals surface area contributed by atoms with Crippen molar-refractivity contribution in [2.75, 3.05) is 20.3 Å². The van der Waals surface area contributed by atoms with Crippen LogP contribution in [0.4, 0.5) is 0 Å². The summed E-state index contributed by atoms with van der Waals surface area (Å²) >= 11 is 6.39. The Labute approximate surface area is 261 Å². The summed E-state index contributed by atoms with van der Waals surface area (Å²) in [5, 5.41) is 25.2. The second-order valence-electron chi connectivity index (χ2n) is 14.5. The third-order valence-corrected chi connectivity index (χ3v) is 12.9. The molecule has 4 aliphatic rings. The van der Waals surface area contributed by atoms with Crippen molar-refractivity contribution in [3.05, 3.63) is 22.8 Å². The second-order valence-corrected chi connectivity index (χ2v) is 14.9. The van der Waals surface area contributed by atoms with E-state index in [-0.39, 0.29) is 46.1 Å². The van der Waals surface area contributed by atoms with Crippen LogP contribution in [0.25, 0.3) is 0 Å². The van der Waals surface area contributed by atoms with Crippen LogP contribution >= 0.6 is 11.6 Å². The van der Waals surface area contributed by atoms with Gasteiger partial charge in [0.2, 0.25) is 5.88 Å². The molecule has 4 aliphatic carbocycles. The quantitative estimate of drug-likeness (QED) is 0.305. The first kappa shape index (κ1) is 32.5. The Kier molecular flexibility index (Phi) is 9.70. The number of rotatable bonds is 9. The number of hydrogen-bond donors (Lipinski definition) is 3. The molecule has 1 aromatic heterocycles. The molecular weight excluding hydrogens is 568 g/mol. The molecule has 8 nitrogen and oxygen atoms in total. The highest BCUT2D eigenvalue weighted by atomic mass is 35.5. The van der Waals surface area contributed by atoms with Gasteiger partial charge in [-0.25, -0.2) is 4.98 Å². The number of ether oxygens (including phenoxy) is 2. The zero-order valence-electron chi connectivity index (χ0n) is 26.5. The van der Waals surface area contributed by atoms with E-state index >= 15 is 0 Å². The van der Waals surface area contributed by atoms with Crippen LogP contribution in [0.5, 0.6) is 5.88 Å². The molecule has 43 heavy (non-hydrogen) atoms. The highest BCUT2D eigenvalue weighted by molar-refractivity contribution is 6.32. The lowest BCUT2D eigenvalue weighted by Gasteiger charge is -2.64. The molecule has 0 radical (unpaired) electrons. The minimum absolute atomic E-state index is 0.201. The molecule has 5 rings (SSSR count). The number of aliphatic hydroxyl groups is 2. The average Bonchev–Trinajstić information content (AvgIpc) is 3.34. The summed E-state index contributed by atoms with van der Waals surface area (Å²) in [5.74, 6) is 2.42. The van der Waals surface area contributed by atoms with Crippen molar-refractivity contribution in [2.24, 2.45) is 52.3 Å². The van der Waals surface area contributed by atoms with E-state index in [1.165, 1.54) is 45.1 Å². The lowest BCUT2D eigenvalue weighted by molar-refractivity contribution is -0.203. The largest absolute Gasteiger partial charge is 0.477 e. The fourth-order valence-corrected chi connectivity index (χ4v) is 10.7. The maximum atomic E-state index is 12.3. The summed E-state index contributed by atoms with van der Waals surface area (Å²) < 4.78 is 10.5. The third-order valence-electron chi connectivity index (χ3n) is 12.7. The Morgan fingerprint density at radius 2 is 1.84 bits per heavy atom. The van der Waals surface area contributed by atoms with Gasteiger partial charge in [0.15, 0.2) is 0 Å². The number of amides is 1. The molecule has 0 aliphatic heterocycles. The predicted molar refractivity (Wildman–Crippen MR) is 165 cm³/mol. The lowest BCUT2D eigenvalue weighted by atomic mass is 9.41. The van der Waals surface area contributed by atoms with Gasteiger partial charge in [-0.05, 0) is 110 Å². The van der Waals surface area contributed by atoms with Crippen LogP contribution in [0.1, 0.15) is 95.8 Å². The lowest BCUT2D eigenvalue weighted by Crippen LogP contribution is -2.62.